The maximum absolute atomic E-state index is 9.29. The zero-order valence-corrected chi connectivity index (χ0v) is 7.65. The summed E-state index contributed by atoms with van der Waals surface area (Å²) in [5, 5.41) is 9.29. The topological polar surface area (TPSA) is 38.7 Å². The summed E-state index contributed by atoms with van der Waals surface area (Å²) < 4.78 is 10.6. The summed E-state index contributed by atoms with van der Waals surface area (Å²) in [6.07, 6.45) is -0.367. The van der Waals surface area contributed by atoms with Crippen LogP contribution in [0.4, 0.5) is 0 Å². The fraction of sp³-hybridized carbons (Fsp3) is 0.400. The summed E-state index contributed by atoms with van der Waals surface area (Å²) in [7, 11) is 0. The molecule has 0 bridgehead atoms. The molecule has 0 spiro atoms. The van der Waals surface area contributed by atoms with Gasteiger partial charge in [0.2, 0.25) is 0 Å². The van der Waals surface area contributed by atoms with Crippen LogP contribution in [0.3, 0.4) is 0 Å². The Bertz CT molecular complexity index is 316. The number of ether oxygens (including phenoxy) is 2. The zero-order chi connectivity index (χ0) is 9.42. The first-order chi connectivity index (χ1) is 6.16. The summed E-state index contributed by atoms with van der Waals surface area (Å²) in [4.78, 5) is 0. The molecule has 0 amide bonds. The maximum Gasteiger partial charge on any atom is 0.189 e. The van der Waals surface area contributed by atoms with E-state index < -0.39 is 0 Å². The molecule has 0 atom stereocenters. The second kappa shape index (κ2) is 3.01. The van der Waals surface area contributed by atoms with Gasteiger partial charge in [-0.1, -0.05) is 6.07 Å². The third-order valence-electron chi connectivity index (χ3n) is 2.12. The highest BCUT2D eigenvalue weighted by Crippen LogP contribution is 2.32. The lowest BCUT2D eigenvalue weighted by Gasteiger charge is -2.34. The summed E-state index contributed by atoms with van der Waals surface area (Å²) in [6, 6.07) is 5.32. The summed E-state index contributed by atoms with van der Waals surface area (Å²) in [5.74, 6) is 0.302. The van der Waals surface area contributed by atoms with Crippen molar-refractivity contribution in [1.82, 2.24) is 0 Å². The lowest BCUT2D eigenvalue weighted by atomic mass is 10.1. The van der Waals surface area contributed by atoms with Crippen molar-refractivity contribution in [3.8, 4) is 5.75 Å². The summed E-state index contributed by atoms with van der Waals surface area (Å²) >= 11 is 0. The van der Waals surface area contributed by atoms with E-state index in [0.717, 1.165) is 11.1 Å². The van der Waals surface area contributed by atoms with Crippen LogP contribution in [-0.4, -0.2) is 11.4 Å². The maximum atomic E-state index is 9.29. The molecule has 13 heavy (non-hydrogen) atoms. The molecule has 0 saturated carbocycles. The van der Waals surface area contributed by atoms with Crippen molar-refractivity contribution < 1.29 is 14.6 Å². The SMILES string of the molecule is Cc1cc(C2OC(C)O2)ccc1O. The highest BCUT2D eigenvalue weighted by Gasteiger charge is 2.28. The molecule has 1 saturated heterocycles. The van der Waals surface area contributed by atoms with Gasteiger partial charge in [-0.3, -0.25) is 0 Å². The van der Waals surface area contributed by atoms with E-state index in [0.29, 0.717) is 5.75 Å². The predicted molar refractivity (Wildman–Crippen MR) is 47.2 cm³/mol. The minimum absolute atomic E-state index is 0.112. The molecule has 3 nitrogen and oxygen atoms in total. The van der Waals surface area contributed by atoms with Crippen molar-refractivity contribution in [2.45, 2.75) is 26.4 Å². The number of benzene rings is 1. The average Bonchev–Trinajstić information content (AvgIpc) is 2.05. The van der Waals surface area contributed by atoms with Crippen LogP contribution in [-0.2, 0) is 9.47 Å². The Kier molecular flexibility index (Phi) is 1.98. The van der Waals surface area contributed by atoms with Gasteiger partial charge in [-0.15, -0.1) is 0 Å². The first-order valence-corrected chi connectivity index (χ1v) is 4.27. The first kappa shape index (κ1) is 8.53. The molecule has 3 heteroatoms. The Balaban J connectivity index is 2.18. The smallest absolute Gasteiger partial charge is 0.189 e. The van der Waals surface area contributed by atoms with Crippen molar-refractivity contribution in [2.75, 3.05) is 0 Å². The number of hydrogen-bond donors (Lipinski definition) is 1. The van der Waals surface area contributed by atoms with Gasteiger partial charge >= 0.3 is 0 Å². The molecule has 2 rings (SSSR count). The highest BCUT2D eigenvalue weighted by molar-refractivity contribution is 5.35. The average molecular weight is 180 g/mol. The molecular formula is C10H12O3. The van der Waals surface area contributed by atoms with E-state index in [4.69, 9.17) is 9.47 Å². The van der Waals surface area contributed by atoms with Gasteiger partial charge in [-0.05, 0) is 31.5 Å². The van der Waals surface area contributed by atoms with Gasteiger partial charge < -0.3 is 14.6 Å². The van der Waals surface area contributed by atoms with E-state index in [9.17, 15) is 5.11 Å². The van der Waals surface area contributed by atoms with Crippen molar-refractivity contribution in [3.05, 3.63) is 29.3 Å². The van der Waals surface area contributed by atoms with Crippen LogP contribution in [0.2, 0.25) is 0 Å². The number of aryl methyl sites for hydroxylation is 1. The molecule has 1 aliphatic heterocycles. The zero-order valence-electron chi connectivity index (χ0n) is 7.65. The van der Waals surface area contributed by atoms with Crippen LogP contribution >= 0.6 is 0 Å². The lowest BCUT2D eigenvalue weighted by Crippen LogP contribution is -2.31. The third kappa shape index (κ3) is 1.53. The normalized spacial score (nSPS) is 26.9. The monoisotopic (exact) mass is 180 g/mol. The summed E-state index contributed by atoms with van der Waals surface area (Å²) in [5.41, 5.74) is 1.79. The number of rotatable bonds is 1. The van der Waals surface area contributed by atoms with E-state index in [2.05, 4.69) is 0 Å². The van der Waals surface area contributed by atoms with E-state index in [-0.39, 0.29) is 12.6 Å². The molecule has 1 fully saturated rings. The quantitative estimate of drug-likeness (QED) is 0.719. The van der Waals surface area contributed by atoms with Gasteiger partial charge in [0.1, 0.15) is 5.75 Å². The van der Waals surface area contributed by atoms with Crippen molar-refractivity contribution in [2.24, 2.45) is 0 Å². The second-order valence-corrected chi connectivity index (χ2v) is 3.22. The molecule has 1 aromatic carbocycles. The molecule has 0 aromatic heterocycles. The first-order valence-electron chi connectivity index (χ1n) is 4.27. The van der Waals surface area contributed by atoms with Crippen LogP contribution in [0, 0.1) is 6.92 Å². The fourth-order valence-corrected chi connectivity index (χ4v) is 1.34. The van der Waals surface area contributed by atoms with E-state index in [1.165, 1.54) is 0 Å². The van der Waals surface area contributed by atoms with Gasteiger partial charge in [-0.2, -0.15) is 0 Å². The minimum atomic E-state index is -0.255. The van der Waals surface area contributed by atoms with Crippen molar-refractivity contribution in [1.29, 1.82) is 0 Å². The van der Waals surface area contributed by atoms with Crippen LogP contribution in [0.5, 0.6) is 5.75 Å². The van der Waals surface area contributed by atoms with Gasteiger partial charge in [0.15, 0.2) is 12.6 Å². The standard InChI is InChI=1S/C10H12O3/c1-6-5-8(3-4-9(6)11)10-12-7(2)13-10/h3-5,7,10-11H,1-2H3. The van der Waals surface area contributed by atoms with Crippen LogP contribution < -0.4 is 0 Å². The highest BCUT2D eigenvalue weighted by atomic mass is 16.9. The lowest BCUT2D eigenvalue weighted by molar-refractivity contribution is -0.382. The number of aromatic hydroxyl groups is 1. The Hall–Kier alpha value is -1.06. The van der Waals surface area contributed by atoms with E-state index in [1.54, 1.807) is 12.1 Å². The largest absolute Gasteiger partial charge is 0.508 e. The third-order valence-corrected chi connectivity index (χ3v) is 2.12. The molecule has 1 heterocycles. The number of phenols is 1. The fourth-order valence-electron chi connectivity index (χ4n) is 1.34. The molecule has 0 radical (unpaired) electrons. The predicted octanol–water partition coefficient (Wildman–Crippen LogP) is 2.09. The van der Waals surface area contributed by atoms with Gasteiger partial charge in [0, 0.05) is 5.56 Å². The van der Waals surface area contributed by atoms with Gasteiger partial charge in [0.25, 0.3) is 0 Å². The van der Waals surface area contributed by atoms with Crippen LogP contribution in [0.1, 0.15) is 24.3 Å². The minimum Gasteiger partial charge on any atom is -0.508 e. The van der Waals surface area contributed by atoms with Crippen LogP contribution in [0.25, 0.3) is 0 Å². The molecule has 0 aliphatic carbocycles. The van der Waals surface area contributed by atoms with Gasteiger partial charge in [-0.25, -0.2) is 0 Å². The number of hydrogen-bond acceptors (Lipinski definition) is 3. The molecule has 1 N–H and O–H groups in total. The van der Waals surface area contributed by atoms with E-state index in [1.807, 2.05) is 19.9 Å². The van der Waals surface area contributed by atoms with Crippen molar-refractivity contribution >= 4 is 0 Å². The number of phenolic OH excluding ortho intramolecular Hbond substituents is 1. The molecule has 70 valence electrons. The molecular weight excluding hydrogens is 168 g/mol. The van der Waals surface area contributed by atoms with Crippen LogP contribution in [0.15, 0.2) is 18.2 Å². The molecule has 1 aliphatic rings. The Labute approximate surface area is 76.9 Å². The Morgan fingerprint density at radius 1 is 1.31 bits per heavy atom. The van der Waals surface area contributed by atoms with Crippen molar-refractivity contribution in [3.63, 3.8) is 0 Å². The molecule has 0 unspecified atom stereocenters. The van der Waals surface area contributed by atoms with E-state index >= 15 is 0 Å². The summed E-state index contributed by atoms with van der Waals surface area (Å²) in [6.45, 7) is 3.70. The Morgan fingerprint density at radius 2 is 2.00 bits per heavy atom. The second-order valence-electron chi connectivity index (χ2n) is 3.22. The Morgan fingerprint density at radius 3 is 2.54 bits per heavy atom. The molecule has 1 aromatic rings. The van der Waals surface area contributed by atoms with Gasteiger partial charge in [0.05, 0.1) is 0 Å².